The predicted octanol–water partition coefficient (Wildman–Crippen LogP) is 4.23. The van der Waals surface area contributed by atoms with Crippen LogP contribution in [0.25, 0.3) is 0 Å². The minimum atomic E-state index is -0.491. The van der Waals surface area contributed by atoms with Gasteiger partial charge in [-0.3, -0.25) is 0 Å². The van der Waals surface area contributed by atoms with Crippen LogP contribution in [0.5, 0.6) is 5.75 Å². The van der Waals surface area contributed by atoms with Gasteiger partial charge in [-0.15, -0.1) is 0 Å². The second-order valence-electron chi connectivity index (χ2n) is 4.38. The number of hydrogen-bond acceptors (Lipinski definition) is 3. The summed E-state index contributed by atoms with van der Waals surface area (Å²) in [6.07, 6.45) is 0. The highest BCUT2D eigenvalue weighted by molar-refractivity contribution is 6.33. The van der Waals surface area contributed by atoms with E-state index in [1.807, 2.05) is 6.07 Å². The Morgan fingerprint density at radius 1 is 1.30 bits per heavy atom. The highest BCUT2D eigenvalue weighted by Crippen LogP contribution is 2.29. The molecule has 1 atom stereocenters. The summed E-state index contributed by atoms with van der Waals surface area (Å²) in [5.74, 6) is -0.607. The molecule has 3 nitrogen and oxygen atoms in total. The van der Waals surface area contributed by atoms with E-state index in [1.54, 1.807) is 25.1 Å². The third-order valence-electron chi connectivity index (χ3n) is 2.92. The fourth-order valence-electron chi connectivity index (χ4n) is 1.88. The van der Waals surface area contributed by atoms with Gasteiger partial charge in [-0.25, -0.2) is 4.39 Å². The maximum atomic E-state index is 13.7. The van der Waals surface area contributed by atoms with Crippen molar-refractivity contribution < 1.29 is 9.50 Å². The first-order valence-electron chi connectivity index (χ1n) is 5.96. The van der Waals surface area contributed by atoms with Crippen molar-refractivity contribution in [2.24, 2.45) is 0 Å². The fourth-order valence-corrected chi connectivity index (χ4v) is 2.12. The van der Waals surface area contributed by atoms with Gasteiger partial charge in [0.2, 0.25) is 0 Å². The lowest BCUT2D eigenvalue weighted by atomic mass is 10.1. The first kappa shape index (κ1) is 14.2. The summed E-state index contributed by atoms with van der Waals surface area (Å²) >= 11 is 6.06. The summed E-state index contributed by atoms with van der Waals surface area (Å²) in [4.78, 5) is 0. The van der Waals surface area contributed by atoms with E-state index >= 15 is 0 Å². The zero-order valence-electron chi connectivity index (χ0n) is 10.7. The number of rotatable bonds is 3. The standard InChI is InChI=1S/C15H12ClFN2O/c1-9(12-4-3-11(20)7-14(12)17)19-15-5-2-10(8-18)6-13(15)16/h2-7,9,19-20H,1H3. The summed E-state index contributed by atoms with van der Waals surface area (Å²) in [7, 11) is 0. The normalized spacial score (nSPS) is 11.7. The average molecular weight is 291 g/mol. The average Bonchev–Trinajstić information content (AvgIpc) is 2.40. The molecule has 0 fully saturated rings. The van der Waals surface area contributed by atoms with E-state index in [2.05, 4.69) is 5.32 Å². The minimum absolute atomic E-state index is 0.116. The predicted molar refractivity (Wildman–Crippen MR) is 76.3 cm³/mol. The van der Waals surface area contributed by atoms with Gasteiger partial charge in [-0.2, -0.15) is 5.26 Å². The van der Waals surface area contributed by atoms with E-state index in [9.17, 15) is 9.50 Å². The fraction of sp³-hybridized carbons (Fsp3) is 0.133. The number of nitrogens with zero attached hydrogens (tertiary/aromatic N) is 1. The number of aromatic hydroxyl groups is 1. The summed E-state index contributed by atoms with van der Waals surface area (Å²) in [6.45, 7) is 1.78. The van der Waals surface area contributed by atoms with Gasteiger partial charge in [-0.05, 0) is 31.2 Å². The zero-order chi connectivity index (χ0) is 14.7. The molecule has 20 heavy (non-hydrogen) atoms. The molecule has 0 saturated carbocycles. The summed E-state index contributed by atoms with van der Waals surface area (Å²) in [6, 6.07) is 10.5. The van der Waals surface area contributed by atoms with Crippen LogP contribution in [-0.4, -0.2) is 5.11 Å². The Morgan fingerprint density at radius 2 is 2.05 bits per heavy atom. The van der Waals surface area contributed by atoms with Crippen LogP contribution in [0.4, 0.5) is 10.1 Å². The van der Waals surface area contributed by atoms with Crippen molar-refractivity contribution in [2.75, 3.05) is 5.32 Å². The van der Waals surface area contributed by atoms with Gasteiger partial charge in [0, 0.05) is 11.6 Å². The number of phenolic OH excluding ortho intramolecular Hbond substituents is 1. The lowest BCUT2D eigenvalue weighted by molar-refractivity contribution is 0.467. The first-order valence-corrected chi connectivity index (χ1v) is 6.33. The van der Waals surface area contributed by atoms with Gasteiger partial charge < -0.3 is 10.4 Å². The Morgan fingerprint density at radius 3 is 2.65 bits per heavy atom. The molecule has 0 saturated heterocycles. The number of hydrogen-bond donors (Lipinski definition) is 2. The Hall–Kier alpha value is -2.25. The van der Waals surface area contributed by atoms with Crippen LogP contribution in [0.1, 0.15) is 24.1 Å². The molecular formula is C15H12ClFN2O. The van der Waals surface area contributed by atoms with Gasteiger partial charge in [0.05, 0.1) is 28.4 Å². The van der Waals surface area contributed by atoms with E-state index in [-0.39, 0.29) is 11.8 Å². The molecule has 0 heterocycles. The quantitative estimate of drug-likeness (QED) is 0.889. The molecule has 2 N–H and O–H groups in total. The highest BCUT2D eigenvalue weighted by Gasteiger charge is 2.13. The molecule has 0 aliphatic carbocycles. The molecule has 2 aromatic carbocycles. The van der Waals surface area contributed by atoms with Gasteiger partial charge in [-0.1, -0.05) is 17.7 Å². The largest absolute Gasteiger partial charge is 0.508 e. The molecule has 102 valence electrons. The number of nitriles is 1. The van der Waals surface area contributed by atoms with Crippen molar-refractivity contribution in [1.82, 2.24) is 0 Å². The van der Waals surface area contributed by atoms with Crippen LogP contribution >= 0.6 is 11.6 Å². The smallest absolute Gasteiger partial charge is 0.132 e. The molecule has 0 aliphatic rings. The van der Waals surface area contributed by atoms with Crippen LogP contribution in [-0.2, 0) is 0 Å². The maximum Gasteiger partial charge on any atom is 0.132 e. The number of anilines is 1. The van der Waals surface area contributed by atoms with E-state index in [0.717, 1.165) is 6.07 Å². The van der Waals surface area contributed by atoms with E-state index in [1.165, 1.54) is 12.1 Å². The molecule has 1 unspecified atom stereocenters. The molecule has 0 bridgehead atoms. The topological polar surface area (TPSA) is 56.0 Å². The summed E-state index contributed by atoms with van der Waals surface area (Å²) in [5, 5.41) is 21.4. The van der Waals surface area contributed by atoms with E-state index in [4.69, 9.17) is 16.9 Å². The summed E-state index contributed by atoms with van der Waals surface area (Å²) < 4.78 is 13.7. The van der Waals surface area contributed by atoms with Crippen molar-refractivity contribution >= 4 is 17.3 Å². The van der Waals surface area contributed by atoms with Crippen LogP contribution in [0, 0.1) is 17.1 Å². The Balaban J connectivity index is 2.23. The minimum Gasteiger partial charge on any atom is -0.508 e. The molecular weight excluding hydrogens is 279 g/mol. The second-order valence-corrected chi connectivity index (χ2v) is 4.79. The van der Waals surface area contributed by atoms with Crippen LogP contribution in [0.2, 0.25) is 5.02 Å². The molecule has 0 aliphatic heterocycles. The monoisotopic (exact) mass is 290 g/mol. The molecule has 2 rings (SSSR count). The molecule has 0 radical (unpaired) electrons. The summed E-state index contributed by atoms with van der Waals surface area (Å²) in [5.41, 5.74) is 1.50. The molecule has 2 aromatic rings. The van der Waals surface area contributed by atoms with Gasteiger partial charge in [0.15, 0.2) is 0 Å². The van der Waals surface area contributed by atoms with Crippen molar-refractivity contribution in [3.05, 3.63) is 58.4 Å². The Kier molecular flexibility index (Phi) is 4.11. The van der Waals surface area contributed by atoms with E-state index in [0.29, 0.717) is 21.8 Å². The van der Waals surface area contributed by atoms with Crippen LogP contribution in [0.15, 0.2) is 36.4 Å². The highest BCUT2D eigenvalue weighted by atomic mass is 35.5. The van der Waals surface area contributed by atoms with Gasteiger partial charge >= 0.3 is 0 Å². The molecule has 0 spiro atoms. The van der Waals surface area contributed by atoms with Gasteiger partial charge in [0.1, 0.15) is 11.6 Å². The second kappa shape index (κ2) is 5.81. The lowest BCUT2D eigenvalue weighted by Crippen LogP contribution is -2.09. The number of phenols is 1. The third kappa shape index (κ3) is 3.01. The third-order valence-corrected chi connectivity index (χ3v) is 3.23. The number of benzene rings is 2. The Labute approximate surface area is 121 Å². The molecule has 0 aromatic heterocycles. The number of nitrogens with one attached hydrogen (secondary N) is 1. The Bertz CT molecular complexity index is 682. The molecule has 0 amide bonds. The van der Waals surface area contributed by atoms with E-state index < -0.39 is 5.82 Å². The first-order chi connectivity index (χ1) is 9.51. The van der Waals surface area contributed by atoms with Crippen molar-refractivity contribution in [3.63, 3.8) is 0 Å². The van der Waals surface area contributed by atoms with Crippen LogP contribution in [0.3, 0.4) is 0 Å². The number of halogens is 2. The zero-order valence-corrected chi connectivity index (χ0v) is 11.4. The van der Waals surface area contributed by atoms with Gasteiger partial charge in [0.25, 0.3) is 0 Å². The van der Waals surface area contributed by atoms with Crippen molar-refractivity contribution in [2.45, 2.75) is 13.0 Å². The lowest BCUT2D eigenvalue weighted by Gasteiger charge is -2.17. The van der Waals surface area contributed by atoms with Crippen LogP contribution < -0.4 is 5.32 Å². The molecule has 5 heteroatoms. The SMILES string of the molecule is CC(Nc1ccc(C#N)cc1Cl)c1ccc(O)cc1F. The van der Waals surface area contributed by atoms with Crippen molar-refractivity contribution in [1.29, 1.82) is 5.26 Å². The maximum absolute atomic E-state index is 13.7. The van der Waals surface area contributed by atoms with Crippen molar-refractivity contribution in [3.8, 4) is 11.8 Å².